The van der Waals surface area contributed by atoms with E-state index in [1.54, 1.807) is 17.7 Å². The number of hydrogen-bond acceptors (Lipinski definition) is 7. The molecule has 0 saturated heterocycles. The summed E-state index contributed by atoms with van der Waals surface area (Å²) in [5, 5.41) is 7.79. The molecule has 0 fully saturated rings. The van der Waals surface area contributed by atoms with E-state index in [1.807, 2.05) is 16.1 Å². The van der Waals surface area contributed by atoms with E-state index in [1.165, 1.54) is 11.8 Å². The second-order valence-corrected chi connectivity index (χ2v) is 6.37. The molecule has 0 aliphatic heterocycles. The number of anilines is 1. The second kappa shape index (κ2) is 5.37. The third-order valence-electron chi connectivity index (χ3n) is 2.80. The number of rotatable bonds is 4. The molecule has 0 radical (unpaired) electrons. The molecule has 0 bridgehead atoms. The number of hydrogen-bond donors (Lipinski definition) is 1. The maximum absolute atomic E-state index is 5.94. The first-order valence-electron chi connectivity index (χ1n) is 6.17. The van der Waals surface area contributed by atoms with Crippen LogP contribution < -0.4 is 5.73 Å². The van der Waals surface area contributed by atoms with Crippen LogP contribution in [0.2, 0.25) is 0 Å². The zero-order valence-electron chi connectivity index (χ0n) is 11.1. The van der Waals surface area contributed by atoms with E-state index >= 15 is 0 Å². The summed E-state index contributed by atoms with van der Waals surface area (Å²) in [5.74, 6) is 2.12. The van der Waals surface area contributed by atoms with Crippen LogP contribution in [0, 0.1) is 0 Å². The van der Waals surface area contributed by atoms with Crippen molar-refractivity contribution in [1.29, 1.82) is 0 Å². The molecule has 3 aromatic heterocycles. The van der Waals surface area contributed by atoms with Gasteiger partial charge in [-0.2, -0.15) is 5.10 Å². The third-order valence-corrected chi connectivity index (χ3v) is 4.45. The molecule has 3 aromatic rings. The van der Waals surface area contributed by atoms with Crippen molar-refractivity contribution in [1.82, 2.24) is 24.7 Å². The van der Waals surface area contributed by atoms with Gasteiger partial charge in [-0.3, -0.25) is 0 Å². The fraction of sp³-hybridized carbons (Fsp3) is 0.333. The summed E-state index contributed by atoms with van der Waals surface area (Å²) in [4.78, 5) is 14.0. The van der Waals surface area contributed by atoms with Crippen molar-refractivity contribution in [2.75, 3.05) is 5.73 Å². The van der Waals surface area contributed by atoms with Crippen LogP contribution in [0.15, 0.2) is 22.9 Å². The number of aromatic nitrogens is 5. The van der Waals surface area contributed by atoms with Gasteiger partial charge in [-0.15, -0.1) is 11.3 Å². The smallest absolute Gasteiger partial charge is 0.191 e. The van der Waals surface area contributed by atoms with Gasteiger partial charge in [-0.05, 0) is 25.3 Å². The number of nitrogens with two attached hydrogens (primary N) is 1. The van der Waals surface area contributed by atoms with Crippen molar-refractivity contribution >= 4 is 39.1 Å². The fourth-order valence-corrected chi connectivity index (χ4v) is 3.47. The van der Waals surface area contributed by atoms with Gasteiger partial charge >= 0.3 is 0 Å². The molecule has 8 heteroatoms. The molecule has 0 aliphatic carbocycles. The Morgan fingerprint density at radius 2 is 2.25 bits per heavy atom. The van der Waals surface area contributed by atoms with Crippen molar-refractivity contribution in [2.45, 2.75) is 30.8 Å². The van der Waals surface area contributed by atoms with Gasteiger partial charge in [-0.1, -0.05) is 11.8 Å². The minimum atomic E-state index is 0.291. The number of nitrogen functional groups attached to an aromatic ring is 1. The average Bonchev–Trinajstić information content (AvgIpc) is 3.04. The largest absolute Gasteiger partial charge is 0.383 e. The van der Waals surface area contributed by atoms with Gasteiger partial charge in [0.1, 0.15) is 22.8 Å². The molecule has 0 unspecified atom stereocenters. The van der Waals surface area contributed by atoms with Crippen LogP contribution in [-0.2, 0) is 5.75 Å². The SMILES string of the molecule is CC(C)n1ncnc1CSc1nc(N)c2ccsc2n1. The van der Waals surface area contributed by atoms with Crippen molar-refractivity contribution in [3.8, 4) is 0 Å². The summed E-state index contributed by atoms with van der Waals surface area (Å²) in [7, 11) is 0. The van der Waals surface area contributed by atoms with Gasteiger partial charge in [0.2, 0.25) is 0 Å². The highest BCUT2D eigenvalue weighted by molar-refractivity contribution is 7.98. The van der Waals surface area contributed by atoms with E-state index in [2.05, 4.69) is 33.9 Å². The maximum Gasteiger partial charge on any atom is 0.191 e. The van der Waals surface area contributed by atoms with Crippen LogP contribution >= 0.6 is 23.1 Å². The number of thiophene rings is 1. The summed E-state index contributed by atoms with van der Waals surface area (Å²) in [5.41, 5.74) is 5.94. The first-order valence-corrected chi connectivity index (χ1v) is 8.03. The third kappa shape index (κ3) is 2.48. The molecule has 0 atom stereocenters. The Kier molecular flexibility index (Phi) is 3.58. The maximum atomic E-state index is 5.94. The lowest BCUT2D eigenvalue weighted by molar-refractivity contribution is 0.514. The molecule has 2 N–H and O–H groups in total. The predicted molar refractivity (Wildman–Crippen MR) is 81.8 cm³/mol. The minimum Gasteiger partial charge on any atom is -0.383 e. The monoisotopic (exact) mass is 306 g/mol. The van der Waals surface area contributed by atoms with Gasteiger partial charge in [-0.25, -0.2) is 19.6 Å². The van der Waals surface area contributed by atoms with Crippen molar-refractivity contribution < 1.29 is 0 Å². The molecule has 0 saturated carbocycles. The summed E-state index contributed by atoms with van der Waals surface area (Å²) < 4.78 is 1.90. The number of fused-ring (bicyclic) bond motifs is 1. The Labute approximate surface area is 124 Å². The molecule has 0 aromatic carbocycles. The molecule has 3 heterocycles. The molecular weight excluding hydrogens is 292 g/mol. The second-order valence-electron chi connectivity index (χ2n) is 4.53. The highest BCUT2D eigenvalue weighted by atomic mass is 32.2. The van der Waals surface area contributed by atoms with Gasteiger partial charge < -0.3 is 5.73 Å². The van der Waals surface area contributed by atoms with E-state index in [9.17, 15) is 0 Å². The van der Waals surface area contributed by atoms with Crippen LogP contribution in [0.3, 0.4) is 0 Å². The zero-order chi connectivity index (χ0) is 14.1. The van der Waals surface area contributed by atoms with Crippen LogP contribution in [-0.4, -0.2) is 24.7 Å². The van der Waals surface area contributed by atoms with Crippen LogP contribution in [0.4, 0.5) is 5.82 Å². The molecule has 0 aliphatic rings. The Morgan fingerprint density at radius 3 is 3.05 bits per heavy atom. The van der Waals surface area contributed by atoms with Crippen LogP contribution in [0.5, 0.6) is 0 Å². The topological polar surface area (TPSA) is 82.5 Å². The highest BCUT2D eigenvalue weighted by Crippen LogP contribution is 2.27. The fourth-order valence-electron chi connectivity index (χ4n) is 1.86. The zero-order valence-corrected chi connectivity index (χ0v) is 12.8. The standard InChI is InChI=1S/C12H14N6S2/c1-7(2)18-9(14-6-15-18)5-20-12-16-10(13)8-3-4-19-11(8)17-12/h3-4,6-7H,5H2,1-2H3,(H2,13,16,17). The molecule has 104 valence electrons. The molecule has 6 nitrogen and oxygen atoms in total. The summed E-state index contributed by atoms with van der Waals surface area (Å²) in [6, 6.07) is 2.23. The first kappa shape index (κ1) is 13.3. The molecule has 3 rings (SSSR count). The van der Waals surface area contributed by atoms with Crippen molar-refractivity contribution in [3.63, 3.8) is 0 Å². The lowest BCUT2D eigenvalue weighted by Crippen LogP contribution is -2.07. The van der Waals surface area contributed by atoms with E-state index in [0.29, 0.717) is 22.8 Å². The number of thioether (sulfide) groups is 1. The lowest BCUT2D eigenvalue weighted by Gasteiger charge is -2.08. The van der Waals surface area contributed by atoms with Crippen LogP contribution in [0.25, 0.3) is 10.2 Å². The first-order chi connectivity index (χ1) is 9.65. The summed E-state index contributed by atoms with van der Waals surface area (Å²) >= 11 is 3.09. The summed E-state index contributed by atoms with van der Waals surface area (Å²) in [6.45, 7) is 4.16. The molecular formula is C12H14N6S2. The lowest BCUT2D eigenvalue weighted by atomic mass is 10.4. The van der Waals surface area contributed by atoms with Gasteiger partial charge in [0.05, 0.1) is 11.1 Å². The molecule has 20 heavy (non-hydrogen) atoms. The summed E-state index contributed by atoms with van der Waals surface area (Å²) in [6.07, 6.45) is 1.58. The minimum absolute atomic E-state index is 0.291. The van der Waals surface area contributed by atoms with Gasteiger partial charge in [0, 0.05) is 6.04 Å². The van der Waals surface area contributed by atoms with Crippen LogP contribution in [0.1, 0.15) is 25.7 Å². The molecule has 0 amide bonds. The Morgan fingerprint density at radius 1 is 1.40 bits per heavy atom. The Hall–Kier alpha value is -1.67. The highest BCUT2D eigenvalue weighted by Gasteiger charge is 2.11. The average molecular weight is 306 g/mol. The number of nitrogens with zero attached hydrogens (tertiary/aromatic N) is 5. The Bertz CT molecular complexity index is 732. The Balaban J connectivity index is 1.81. The van der Waals surface area contributed by atoms with E-state index in [4.69, 9.17) is 5.73 Å². The normalized spacial score (nSPS) is 11.6. The molecule has 0 spiro atoms. The van der Waals surface area contributed by atoms with E-state index < -0.39 is 0 Å². The quantitative estimate of drug-likeness (QED) is 0.589. The van der Waals surface area contributed by atoms with Crippen molar-refractivity contribution in [2.24, 2.45) is 0 Å². The van der Waals surface area contributed by atoms with Gasteiger partial charge in [0.15, 0.2) is 5.16 Å². The van der Waals surface area contributed by atoms with Gasteiger partial charge in [0.25, 0.3) is 0 Å². The van der Waals surface area contributed by atoms with E-state index in [-0.39, 0.29) is 0 Å². The predicted octanol–water partition coefficient (Wildman–Crippen LogP) is 2.74. The van der Waals surface area contributed by atoms with E-state index in [0.717, 1.165) is 16.0 Å². The van der Waals surface area contributed by atoms with Crippen molar-refractivity contribution in [3.05, 3.63) is 23.6 Å².